The summed E-state index contributed by atoms with van der Waals surface area (Å²) in [6.45, 7) is 0. The van der Waals surface area contributed by atoms with Crippen LogP contribution in [-0.4, -0.2) is 17.0 Å². The number of rotatable bonds is 1. The van der Waals surface area contributed by atoms with Gasteiger partial charge in [-0.1, -0.05) is 5.92 Å². The molecular weight excluding hydrogens is 158 g/mol. The van der Waals surface area contributed by atoms with Gasteiger partial charge in [-0.3, -0.25) is 4.79 Å². The normalized spacial score (nSPS) is 7.67. The maximum absolute atomic E-state index is 10.0. The molecule has 0 saturated carbocycles. The average molecular weight is 163 g/mol. The molecule has 3 N–H and O–H groups in total. The Morgan fingerprint density at radius 3 is 2.50 bits per heavy atom. The van der Waals surface area contributed by atoms with Crippen LogP contribution >= 0.6 is 0 Å². The lowest BCUT2D eigenvalue weighted by atomic mass is 10.4. The minimum atomic E-state index is -1.09. The molecule has 0 atom stereocenters. The van der Waals surface area contributed by atoms with E-state index in [4.69, 9.17) is 5.11 Å². The maximum atomic E-state index is 10.0. The van der Waals surface area contributed by atoms with Crippen molar-refractivity contribution in [2.75, 3.05) is 0 Å². The number of carbonyl (C=O) groups is 2. The van der Waals surface area contributed by atoms with Crippen LogP contribution in [0, 0.1) is 23.7 Å². The number of allylic oxidation sites excluding steroid dienone is 1. The van der Waals surface area contributed by atoms with Crippen LogP contribution < -0.4 is 5.73 Å². The fourth-order valence-electron chi connectivity index (χ4n) is 0.284. The number of carboxylic acid groups (broad SMARTS) is 1. The molecule has 0 saturated heterocycles. The van der Waals surface area contributed by atoms with Gasteiger partial charge in [0.05, 0.1) is 0 Å². The summed E-state index contributed by atoms with van der Waals surface area (Å²) in [5, 5.41) is 8.09. The van der Waals surface area contributed by atoms with Crippen molar-refractivity contribution in [2.45, 2.75) is 0 Å². The Morgan fingerprint density at radius 1 is 1.33 bits per heavy atom. The van der Waals surface area contributed by atoms with E-state index in [0.29, 0.717) is 0 Å². The van der Waals surface area contributed by atoms with E-state index in [1.54, 1.807) is 0 Å². The molecule has 0 aromatic heterocycles. The molecule has 0 fully saturated rings. The van der Waals surface area contributed by atoms with E-state index >= 15 is 0 Å². The van der Waals surface area contributed by atoms with Gasteiger partial charge in [-0.25, -0.2) is 4.79 Å². The van der Waals surface area contributed by atoms with Crippen LogP contribution in [0.4, 0.5) is 0 Å². The summed E-state index contributed by atoms with van der Waals surface area (Å²) in [5.41, 5.74) is 4.66. The Bertz CT molecular complexity index is 333. The van der Waals surface area contributed by atoms with Crippen LogP contribution in [0.2, 0.25) is 0 Å². The minimum absolute atomic E-state index is 0.772. The lowest BCUT2D eigenvalue weighted by molar-refractivity contribution is -0.131. The van der Waals surface area contributed by atoms with Gasteiger partial charge < -0.3 is 10.8 Å². The number of hydrogen-bond donors (Lipinski definition) is 2. The van der Waals surface area contributed by atoms with Crippen molar-refractivity contribution in [3.63, 3.8) is 0 Å². The number of aliphatic carboxylic acids is 1. The van der Waals surface area contributed by atoms with E-state index in [2.05, 4.69) is 23.5 Å². The molecule has 0 aliphatic rings. The summed E-state index contributed by atoms with van der Waals surface area (Å²) in [5.74, 6) is 6.72. The number of primary amides is 1. The third-order valence-corrected chi connectivity index (χ3v) is 0.630. The van der Waals surface area contributed by atoms with Crippen molar-refractivity contribution in [1.82, 2.24) is 0 Å². The molecule has 12 heavy (non-hydrogen) atoms. The summed E-state index contributed by atoms with van der Waals surface area (Å²) in [6, 6.07) is 0. The molecule has 0 aliphatic carbocycles. The van der Waals surface area contributed by atoms with Crippen molar-refractivity contribution in [1.29, 1.82) is 0 Å². The SMILES string of the molecule is NC(=O)C#CC#CC=CC(=O)O. The molecule has 60 valence electrons. The summed E-state index contributed by atoms with van der Waals surface area (Å²) in [6.07, 6.45) is 1.97. The predicted molar refractivity (Wildman–Crippen MR) is 41.5 cm³/mol. The van der Waals surface area contributed by atoms with E-state index in [-0.39, 0.29) is 0 Å². The van der Waals surface area contributed by atoms with E-state index in [9.17, 15) is 9.59 Å². The van der Waals surface area contributed by atoms with Crippen LogP contribution in [0.25, 0.3) is 0 Å². The van der Waals surface area contributed by atoms with Crippen LogP contribution in [0.15, 0.2) is 12.2 Å². The zero-order valence-electron chi connectivity index (χ0n) is 6.00. The smallest absolute Gasteiger partial charge is 0.328 e. The van der Waals surface area contributed by atoms with Crippen LogP contribution in [0.1, 0.15) is 0 Å². The molecule has 4 nitrogen and oxygen atoms in total. The molecular formula is C8H5NO3. The molecule has 0 aromatic rings. The highest BCUT2D eigenvalue weighted by atomic mass is 16.4. The highest BCUT2D eigenvalue weighted by molar-refractivity contribution is 5.92. The third-order valence-electron chi connectivity index (χ3n) is 0.630. The highest BCUT2D eigenvalue weighted by Crippen LogP contribution is 1.68. The lowest BCUT2D eigenvalue weighted by Crippen LogP contribution is -2.05. The third kappa shape index (κ3) is 7.80. The molecule has 0 aliphatic heterocycles. The monoisotopic (exact) mass is 163 g/mol. The first kappa shape index (κ1) is 9.80. The van der Waals surface area contributed by atoms with E-state index < -0.39 is 11.9 Å². The number of hydrogen-bond acceptors (Lipinski definition) is 2. The molecule has 0 spiro atoms. The molecule has 0 unspecified atom stereocenters. The number of amides is 1. The van der Waals surface area contributed by atoms with Crippen molar-refractivity contribution in [2.24, 2.45) is 5.73 Å². The summed E-state index contributed by atoms with van der Waals surface area (Å²) in [4.78, 5) is 19.9. The second kappa shape index (κ2) is 5.57. The zero-order chi connectivity index (χ0) is 9.40. The van der Waals surface area contributed by atoms with Crippen molar-refractivity contribution in [3.05, 3.63) is 12.2 Å². The lowest BCUT2D eigenvalue weighted by Gasteiger charge is -1.70. The molecule has 4 heteroatoms. The van der Waals surface area contributed by atoms with Crippen molar-refractivity contribution < 1.29 is 14.7 Å². The van der Waals surface area contributed by atoms with E-state index in [0.717, 1.165) is 12.2 Å². The fourth-order valence-corrected chi connectivity index (χ4v) is 0.284. The summed E-state index contributed by atoms with van der Waals surface area (Å²) >= 11 is 0. The zero-order valence-corrected chi connectivity index (χ0v) is 6.00. The number of carbonyl (C=O) groups excluding carboxylic acids is 1. The summed E-state index contributed by atoms with van der Waals surface area (Å²) < 4.78 is 0. The Labute approximate surface area is 69.1 Å². The second-order valence-corrected chi connectivity index (χ2v) is 1.56. The second-order valence-electron chi connectivity index (χ2n) is 1.56. The topological polar surface area (TPSA) is 80.4 Å². The molecule has 0 bridgehead atoms. The average Bonchev–Trinajstić information content (AvgIpc) is 1.95. The van der Waals surface area contributed by atoms with E-state index in [1.165, 1.54) is 0 Å². The number of carboxylic acids is 1. The minimum Gasteiger partial charge on any atom is -0.478 e. The quantitative estimate of drug-likeness (QED) is 0.389. The molecule has 0 heterocycles. The van der Waals surface area contributed by atoms with Crippen LogP contribution in [0.3, 0.4) is 0 Å². The van der Waals surface area contributed by atoms with Crippen molar-refractivity contribution >= 4 is 11.9 Å². The first-order chi connectivity index (χ1) is 5.63. The Morgan fingerprint density at radius 2 is 2.00 bits per heavy atom. The standard InChI is InChI=1S/C8H5NO3/c9-7(10)5-3-1-2-4-6-8(11)12/h4,6H,(H2,9,10)(H,11,12). The van der Waals surface area contributed by atoms with Crippen LogP contribution in [0.5, 0.6) is 0 Å². The van der Waals surface area contributed by atoms with E-state index in [1.807, 2.05) is 5.92 Å². The van der Waals surface area contributed by atoms with Gasteiger partial charge >= 0.3 is 5.97 Å². The Balaban J connectivity index is 4.02. The van der Waals surface area contributed by atoms with Gasteiger partial charge in [-0.15, -0.1) is 0 Å². The Kier molecular flexibility index (Phi) is 4.55. The van der Waals surface area contributed by atoms with Gasteiger partial charge in [-0.05, 0) is 17.9 Å². The largest absolute Gasteiger partial charge is 0.478 e. The fraction of sp³-hybridized carbons (Fsp3) is 0. The summed E-state index contributed by atoms with van der Waals surface area (Å²) in [7, 11) is 0. The van der Waals surface area contributed by atoms with Gasteiger partial charge in [0, 0.05) is 12.0 Å². The molecule has 0 radical (unpaired) electrons. The van der Waals surface area contributed by atoms with Gasteiger partial charge in [-0.2, -0.15) is 0 Å². The first-order valence-corrected chi connectivity index (χ1v) is 2.83. The molecule has 1 amide bonds. The Hall–Kier alpha value is -2.20. The predicted octanol–water partition coefficient (Wildman–Crippen LogP) is -0.881. The van der Waals surface area contributed by atoms with Gasteiger partial charge in [0.15, 0.2) is 0 Å². The maximum Gasteiger partial charge on any atom is 0.328 e. The van der Waals surface area contributed by atoms with Gasteiger partial charge in [0.25, 0.3) is 5.91 Å². The highest BCUT2D eigenvalue weighted by Gasteiger charge is 1.79. The van der Waals surface area contributed by atoms with Gasteiger partial charge in [0.1, 0.15) is 0 Å². The van der Waals surface area contributed by atoms with Gasteiger partial charge in [0.2, 0.25) is 0 Å². The molecule has 0 aromatic carbocycles. The molecule has 0 rings (SSSR count). The first-order valence-electron chi connectivity index (χ1n) is 2.83. The van der Waals surface area contributed by atoms with Crippen LogP contribution in [-0.2, 0) is 9.59 Å². The number of nitrogens with two attached hydrogens (primary N) is 1. The van der Waals surface area contributed by atoms with Crippen molar-refractivity contribution in [3.8, 4) is 23.7 Å².